The maximum atomic E-state index is 5.72. The van der Waals surface area contributed by atoms with Gasteiger partial charge < -0.3 is 14.8 Å². The van der Waals surface area contributed by atoms with Crippen molar-refractivity contribution in [1.29, 1.82) is 0 Å². The molecule has 20 heavy (non-hydrogen) atoms. The molecule has 0 aromatic heterocycles. The van der Waals surface area contributed by atoms with Gasteiger partial charge in [0.25, 0.3) is 0 Å². The molecular weight excluding hydrogens is 250 g/mol. The Labute approximate surface area is 122 Å². The molecule has 1 unspecified atom stereocenters. The summed E-state index contributed by atoms with van der Waals surface area (Å²) in [5, 5.41) is 3.46. The van der Waals surface area contributed by atoms with Crippen LogP contribution in [-0.4, -0.2) is 25.9 Å². The molecule has 1 fully saturated rings. The third kappa shape index (κ3) is 5.51. The van der Waals surface area contributed by atoms with Gasteiger partial charge >= 0.3 is 0 Å². The van der Waals surface area contributed by atoms with Crippen LogP contribution in [0.4, 0.5) is 0 Å². The predicted molar refractivity (Wildman–Crippen MR) is 82.1 cm³/mol. The molecule has 0 bridgehead atoms. The summed E-state index contributed by atoms with van der Waals surface area (Å²) in [6.45, 7) is 8.00. The van der Waals surface area contributed by atoms with Gasteiger partial charge in [-0.2, -0.15) is 0 Å². The van der Waals surface area contributed by atoms with Gasteiger partial charge in [0.15, 0.2) is 0 Å². The lowest BCUT2D eigenvalue weighted by Crippen LogP contribution is -2.25. The zero-order chi connectivity index (χ0) is 14.2. The van der Waals surface area contributed by atoms with Crippen molar-refractivity contribution in [2.75, 3.05) is 19.8 Å². The summed E-state index contributed by atoms with van der Waals surface area (Å²) in [5.74, 6) is 1.66. The average Bonchev–Trinajstić information content (AvgIpc) is 2.93. The minimum atomic E-state index is 0.411. The largest absolute Gasteiger partial charge is 0.494 e. The summed E-state index contributed by atoms with van der Waals surface area (Å²) in [7, 11) is 0. The highest BCUT2D eigenvalue weighted by molar-refractivity contribution is 5.27. The maximum Gasteiger partial charge on any atom is 0.119 e. The number of nitrogens with one attached hydrogen (secondary N) is 1. The Morgan fingerprint density at radius 1 is 1.30 bits per heavy atom. The zero-order valence-electron chi connectivity index (χ0n) is 12.7. The summed E-state index contributed by atoms with van der Waals surface area (Å²) in [6.07, 6.45) is 3.91. The second-order valence-corrected chi connectivity index (χ2v) is 5.94. The van der Waals surface area contributed by atoms with E-state index in [1.165, 1.54) is 18.4 Å². The fraction of sp³-hybridized carbons (Fsp3) is 0.647. The van der Waals surface area contributed by atoms with Gasteiger partial charge in [0.2, 0.25) is 0 Å². The molecule has 3 heteroatoms. The van der Waals surface area contributed by atoms with Crippen LogP contribution in [0.5, 0.6) is 5.75 Å². The molecule has 1 N–H and O–H groups in total. The fourth-order valence-corrected chi connectivity index (χ4v) is 2.30. The molecule has 1 aliphatic heterocycles. The molecule has 1 aliphatic rings. The molecule has 1 saturated heterocycles. The van der Waals surface area contributed by atoms with E-state index in [0.717, 1.165) is 38.5 Å². The molecule has 1 atom stereocenters. The Balaban J connectivity index is 1.65. The molecule has 112 valence electrons. The van der Waals surface area contributed by atoms with Gasteiger partial charge in [-0.25, -0.2) is 0 Å². The topological polar surface area (TPSA) is 30.5 Å². The number of ether oxygens (including phenoxy) is 2. The molecule has 0 aliphatic carbocycles. The lowest BCUT2D eigenvalue weighted by molar-refractivity contribution is 0.110. The summed E-state index contributed by atoms with van der Waals surface area (Å²) in [5.41, 5.74) is 1.29. The summed E-state index contributed by atoms with van der Waals surface area (Å²) < 4.78 is 11.3. The quantitative estimate of drug-likeness (QED) is 0.790. The first-order valence-electron chi connectivity index (χ1n) is 7.78. The van der Waals surface area contributed by atoms with Crippen molar-refractivity contribution >= 4 is 0 Å². The molecule has 1 heterocycles. The van der Waals surface area contributed by atoms with Crippen molar-refractivity contribution in [2.24, 2.45) is 5.92 Å². The third-order valence-electron chi connectivity index (χ3n) is 3.61. The van der Waals surface area contributed by atoms with Crippen LogP contribution >= 0.6 is 0 Å². The molecule has 0 radical (unpaired) electrons. The van der Waals surface area contributed by atoms with Gasteiger partial charge in [0.1, 0.15) is 5.75 Å². The molecule has 2 rings (SSSR count). The van der Waals surface area contributed by atoms with Crippen molar-refractivity contribution in [1.82, 2.24) is 5.32 Å². The summed E-state index contributed by atoms with van der Waals surface area (Å²) >= 11 is 0. The van der Waals surface area contributed by atoms with Crippen LogP contribution in [0.2, 0.25) is 0 Å². The van der Waals surface area contributed by atoms with Crippen LogP contribution in [-0.2, 0) is 11.3 Å². The normalized spacial score (nSPS) is 18.6. The van der Waals surface area contributed by atoms with Crippen LogP contribution in [0.1, 0.15) is 38.7 Å². The fourth-order valence-electron chi connectivity index (χ4n) is 2.30. The first kappa shape index (κ1) is 15.3. The first-order valence-corrected chi connectivity index (χ1v) is 7.78. The Hall–Kier alpha value is -1.06. The van der Waals surface area contributed by atoms with Crippen molar-refractivity contribution < 1.29 is 9.47 Å². The second kappa shape index (κ2) is 8.28. The van der Waals surface area contributed by atoms with E-state index in [4.69, 9.17) is 9.47 Å². The number of benzene rings is 1. The number of hydrogen-bond acceptors (Lipinski definition) is 3. The lowest BCUT2D eigenvalue weighted by Gasteiger charge is -2.11. The van der Waals surface area contributed by atoms with Crippen LogP contribution in [0.15, 0.2) is 24.3 Å². The van der Waals surface area contributed by atoms with E-state index < -0.39 is 0 Å². The highest BCUT2D eigenvalue weighted by Crippen LogP contribution is 2.14. The lowest BCUT2D eigenvalue weighted by atomic mass is 10.1. The smallest absolute Gasteiger partial charge is 0.119 e. The predicted octanol–water partition coefficient (Wildman–Crippen LogP) is 3.38. The van der Waals surface area contributed by atoms with Crippen LogP contribution < -0.4 is 10.1 Å². The molecule has 1 aromatic carbocycles. The van der Waals surface area contributed by atoms with Gasteiger partial charge in [-0.3, -0.25) is 0 Å². The van der Waals surface area contributed by atoms with Gasteiger partial charge in [-0.1, -0.05) is 26.0 Å². The average molecular weight is 277 g/mol. The molecule has 1 aromatic rings. The highest BCUT2D eigenvalue weighted by Gasteiger charge is 2.14. The maximum absolute atomic E-state index is 5.72. The van der Waals surface area contributed by atoms with Crippen molar-refractivity contribution in [2.45, 2.75) is 45.8 Å². The summed E-state index contributed by atoms with van der Waals surface area (Å²) in [4.78, 5) is 0. The molecule has 0 amide bonds. The van der Waals surface area contributed by atoms with Crippen LogP contribution in [0.25, 0.3) is 0 Å². The third-order valence-corrected chi connectivity index (χ3v) is 3.61. The van der Waals surface area contributed by atoms with E-state index in [1.807, 2.05) is 0 Å². The highest BCUT2D eigenvalue weighted by atomic mass is 16.5. The Bertz CT molecular complexity index is 369. The first-order chi connectivity index (χ1) is 9.74. The Morgan fingerprint density at radius 2 is 2.10 bits per heavy atom. The number of hydrogen-bond donors (Lipinski definition) is 1. The van der Waals surface area contributed by atoms with E-state index in [1.54, 1.807) is 0 Å². The minimum absolute atomic E-state index is 0.411. The van der Waals surface area contributed by atoms with Crippen molar-refractivity contribution in [3.8, 4) is 5.75 Å². The van der Waals surface area contributed by atoms with E-state index in [9.17, 15) is 0 Å². The van der Waals surface area contributed by atoms with Gasteiger partial charge in [0, 0.05) is 19.7 Å². The van der Waals surface area contributed by atoms with Crippen LogP contribution in [0, 0.1) is 5.92 Å². The Kier molecular flexibility index (Phi) is 6.34. The monoisotopic (exact) mass is 277 g/mol. The van der Waals surface area contributed by atoms with Gasteiger partial charge in [-0.05, 0) is 42.9 Å². The Morgan fingerprint density at radius 3 is 2.75 bits per heavy atom. The SMILES string of the molecule is CC(C)CCOc1ccc(CNCC2CCCO2)cc1. The molecule has 0 spiro atoms. The van der Waals surface area contributed by atoms with E-state index in [0.29, 0.717) is 12.0 Å². The van der Waals surface area contributed by atoms with Crippen molar-refractivity contribution in [3.63, 3.8) is 0 Å². The minimum Gasteiger partial charge on any atom is -0.494 e. The van der Waals surface area contributed by atoms with Crippen LogP contribution in [0.3, 0.4) is 0 Å². The van der Waals surface area contributed by atoms with E-state index >= 15 is 0 Å². The standard InChI is InChI=1S/C17H27NO2/c1-14(2)9-11-20-16-7-5-15(6-8-16)12-18-13-17-4-3-10-19-17/h5-8,14,17-18H,3-4,9-13H2,1-2H3. The van der Waals surface area contributed by atoms with Crippen molar-refractivity contribution in [3.05, 3.63) is 29.8 Å². The number of rotatable bonds is 8. The van der Waals surface area contributed by atoms with E-state index in [2.05, 4.69) is 43.4 Å². The van der Waals surface area contributed by atoms with E-state index in [-0.39, 0.29) is 0 Å². The van der Waals surface area contributed by atoms with Gasteiger partial charge in [-0.15, -0.1) is 0 Å². The molecule has 0 saturated carbocycles. The molecular formula is C17H27NO2. The van der Waals surface area contributed by atoms with Gasteiger partial charge in [0.05, 0.1) is 12.7 Å². The second-order valence-electron chi connectivity index (χ2n) is 5.94. The molecule has 3 nitrogen and oxygen atoms in total. The zero-order valence-corrected chi connectivity index (χ0v) is 12.7. The summed E-state index contributed by atoms with van der Waals surface area (Å²) in [6, 6.07) is 8.38.